The van der Waals surface area contributed by atoms with Crippen LogP contribution in [0.1, 0.15) is 5.56 Å². The van der Waals surface area contributed by atoms with Crippen molar-refractivity contribution in [3.05, 3.63) is 33.9 Å². The van der Waals surface area contributed by atoms with Gasteiger partial charge in [0, 0.05) is 11.6 Å². The molecule has 19 heavy (non-hydrogen) atoms. The molecule has 0 spiro atoms. The van der Waals surface area contributed by atoms with Crippen molar-refractivity contribution in [2.75, 3.05) is 7.11 Å². The van der Waals surface area contributed by atoms with E-state index in [1.807, 2.05) is 0 Å². The Morgan fingerprint density at radius 1 is 1.42 bits per heavy atom. The number of sulfonamides is 1. The summed E-state index contributed by atoms with van der Waals surface area (Å²) < 4.78 is 27.9. The molecular weight excluding hydrogens is 278 g/mol. The number of hydrogen-bond acceptors (Lipinski definition) is 6. The number of carbonyl (C=O) groups is 1. The van der Waals surface area contributed by atoms with Crippen molar-refractivity contribution in [2.24, 2.45) is 0 Å². The molecule has 0 aromatic heterocycles. The molecule has 0 saturated heterocycles. The van der Waals surface area contributed by atoms with E-state index in [-0.39, 0.29) is 16.1 Å². The van der Waals surface area contributed by atoms with Gasteiger partial charge in [-0.3, -0.25) is 10.1 Å². The number of methoxy groups -OCH3 is 1. The van der Waals surface area contributed by atoms with Gasteiger partial charge in [-0.15, -0.1) is 4.83 Å². The van der Waals surface area contributed by atoms with Crippen LogP contribution < -0.4 is 10.3 Å². The van der Waals surface area contributed by atoms with Gasteiger partial charge in [-0.1, -0.05) is 6.07 Å². The molecule has 1 aromatic rings. The molecule has 1 rings (SSSR count). The lowest BCUT2D eigenvalue weighted by Crippen LogP contribution is -2.41. The third-order valence-electron chi connectivity index (χ3n) is 2.21. The molecule has 9 nitrogen and oxygen atoms in total. The van der Waals surface area contributed by atoms with Gasteiger partial charge in [0.2, 0.25) is 0 Å². The standard InChI is InChI=1S/C9H11N3O6S/c1-6-7(12(14)15)4-3-5-8(6)19(16,17)11-10-9(13)18-2/h3-5,11H,1-2H3,(H,10,13). The first-order valence-electron chi connectivity index (χ1n) is 4.89. The third kappa shape index (κ3) is 3.39. The lowest BCUT2D eigenvalue weighted by molar-refractivity contribution is -0.385. The zero-order chi connectivity index (χ0) is 14.6. The fourth-order valence-corrected chi connectivity index (χ4v) is 2.40. The normalized spacial score (nSPS) is 10.8. The number of hydrazine groups is 1. The Labute approximate surface area is 108 Å². The Morgan fingerprint density at radius 2 is 2.05 bits per heavy atom. The van der Waals surface area contributed by atoms with Gasteiger partial charge >= 0.3 is 6.09 Å². The smallest absolute Gasteiger partial charge is 0.422 e. The van der Waals surface area contributed by atoms with Crippen LogP contribution in [0.5, 0.6) is 0 Å². The fraction of sp³-hybridized carbons (Fsp3) is 0.222. The van der Waals surface area contributed by atoms with Crippen LogP contribution >= 0.6 is 0 Å². The van der Waals surface area contributed by atoms with Gasteiger partial charge in [-0.2, -0.15) is 0 Å². The number of nitro groups is 1. The Bertz CT molecular complexity index is 612. The van der Waals surface area contributed by atoms with Gasteiger partial charge in [0.05, 0.1) is 16.9 Å². The SMILES string of the molecule is COC(=O)NNS(=O)(=O)c1cccc([N+](=O)[O-])c1C. The summed E-state index contributed by atoms with van der Waals surface area (Å²) in [4.78, 5) is 22.3. The molecule has 0 atom stereocenters. The average Bonchev–Trinajstić information content (AvgIpc) is 2.35. The molecule has 0 aliphatic heterocycles. The maximum absolute atomic E-state index is 11.8. The predicted molar refractivity (Wildman–Crippen MR) is 63.7 cm³/mol. The number of hydrogen-bond donors (Lipinski definition) is 2. The highest BCUT2D eigenvalue weighted by molar-refractivity contribution is 7.89. The summed E-state index contributed by atoms with van der Waals surface area (Å²) in [6.07, 6.45) is -1.01. The highest BCUT2D eigenvalue weighted by Gasteiger charge is 2.23. The average molecular weight is 289 g/mol. The molecule has 0 heterocycles. The number of carbonyl (C=O) groups excluding carboxylic acids is 1. The summed E-state index contributed by atoms with van der Waals surface area (Å²) in [7, 11) is -3.06. The summed E-state index contributed by atoms with van der Waals surface area (Å²) >= 11 is 0. The minimum Gasteiger partial charge on any atom is -0.452 e. The summed E-state index contributed by atoms with van der Waals surface area (Å²) in [5, 5.41) is 10.7. The highest BCUT2D eigenvalue weighted by Crippen LogP contribution is 2.24. The van der Waals surface area contributed by atoms with Gasteiger partial charge in [0.15, 0.2) is 0 Å². The molecule has 2 N–H and O–H groups in total. The van der Waals surface area contributed by atoms with Crippen LogP contribution in [0.15, 0.2) is 23.1 Å². The highest BCUT2D eigenvalue weighted by atomic mass is 32.2. The maximum atomic E-state index is 11.8. The molecule has 0 aliphatic rings. The van der Waals surface area contributed by atoms with E-state index in [0.717, 1.165) is 7.11 Å². The molecule has 0 radical (unpaired) electrons. The van der Waals surface area contributed by atoms with E-state index in [0.29, 0.717) is 0 Å². The number of ether oxygens (including phenoxy) is 1. The lowest BCUT2D eigenvalue weighted by atomic mass is 10.2. The maximum Gasteiger partial charge on any atom is 0.422 e. The van der Waals surface area contributed by atoms with E-state index < -0.39 is 21.0 Å². The zero-order valence-corrected chi connectivity index (χ0v) is 10.9. The molecule has 1 amide bonds. The van der Waals surface area contributed by atoms with Crippen molar-refractivity contribution in [2.45, 2.75) is 11.8 Å². The quantitative estimate of drug-likeness (QED) is 0.612. The number of amides is 1. The van der Waals surface area contributed by atoms with E-state index in [1.165, 1.54) is 25.1 Å². The molecule has 1 aromatic carbocycles. The topological polar surface area (TPSA) is 128 Å². The third-order valence-corrected chi connectivity index (χ3v) is 3.61. The first-order chi connectivity index (χ1) is 8.79. The van der Waals surface area contributed by atoms with E-state index in [4.69, 9.17) is 0 Å². The van der Waals surface area contributed by atoms with Crippen molar-refractivity contribution >= 4 is 21.8 Å². The number of nitrogens with one attached hydrogen (secondary N) is 2. The lowest BCUT2D eigenvalue weighted by Gasteiger charge is -2.09. The number of benzene rings is 1. The van der Waals surface area contributed by atoms with Crippen molar-refractivity contribution in [1.82, 2.24) is 10.3 Å². The van der Waals surface area contributed by atoms with E-state index >= 15 is 0 Å². The van der Waals surface area contributed by atoms with Crippen LogP contribution in [0.3, 0.4) is 0 Å². The summed E-state index contributed by atoms with van der Waals surface area (Å²) in [5.41, 5.74) is 1.41. The number of nitrogens with zero attached hydrogens (tertiary/aromatic N) is 1. The van der Waals surface area contributed by atoms with Crippen LogP contribution in [-0.4, -0.2) is 26.5 Å². The van der Waals surface area contributed by atoms with E-state index in [9.17, 15) is 23.3 Å². The van der Waals surface area contributed by atoms with Gasteiger partial charge in [-0.25, -0.2) is 18.6 Å². The molecule has 0 bridgehead atoms. The fourth-order valence-electron chi connectivity index (χ4n) is 1.31. The molecule has 10 heteroatoms. The van der Waals surface area contributed by atoms with Gasteiger partial charge in [0.1, 0.15) is 0 Å². The van der Waals surface area contributed by atoms with Crippen LogP contribution in [-0.2, 0) is 14.8 Å². The van der Waals surface area contributed by atoms with E-state index in [1.54, 1.807) is 10.3 Å². The van der Waals surface area contributed by atoms with Crippen molar-refractivity contribution < 1.29 is 22.9 Å². The Morgan fingerprint density at radius 3 is 2.58 bits per heavy atom. The largest absolute Gasteiger partial charge is 0.452 e. The van der Waals surface area contributed by atoms with Crippen LogP contribution in [0.4, 0.5) is 10.5 Å². The number of rotatable bonds is 4. The molecular formula is C9H11N3O6S. The van der Waals surface area contributed by atoms with Gasteiger partial charge < -0.3 is 4.74 Å². The molecule has 0 aliphatic carbocycles. The van der Waals surface area contributed by atoms with Crippen molar-refractivity contribution in [3.8, 4) is 0 Å². The monoisotopic (exact) mass is 289 g/mol. The van der Waals surface area contributed by atoms with E-state index in [2.05, 4.69) is 4.74 Å². The molecule has 104 valence electrons. The minimum atomic E-state index is -4.12. The number of nitro benzene ring substituents is 1. The van der Waals surface area contributed by atoms with Crippen LogP contribution in [0.25, 0.3) is 0 Å². The first-order valence-corrected chi connectivity index (χ1v) is 6.37. The van der Waals surface area contributed by atoms with Gasteiger partial charge in [0.25, 0.3) is 15.7 Å². The van der Waals surface area contributed by atoms with Crippen molar-refractivity contribution in [1.29, 1.82) is 0 Å². The summed E-state index contributed by atoms with van der Waals surface area (Å²) in [6.45, 7) is 1.30. The van der Waals surface area contributed by atoms with Crippen LogP contribution in [0, 0.1) is 17.0 Å². The molecule has 0 saturated carbocycles. The molecule has 0 fully saturated rings. The summed E-state index contributed by atoms with van der Waals surface area (Å²) in [6, 6.07) is 3.60. The summed E-state index contributed by atoms with van der Waals surface area (Å²) in [5.74, 6) is 0. The Hall–Kier alpha value is -2.20. The predicted octanol–water partition coefficient (Wildman–Crippen LogP) is 0.453. The van der Waals surface area contributed by atoms with Crippen molar-refractivity contribution in [3.63, 3.8) is 0 Å². The Balaban J connectivity index is 3.12. The van der Waals surface area contributed by atoms with Gasteiger partial charge in [-0.05, 0) is 13.0 Å². The second-order valence-electron chi connectivity index (χ2n) is 3.38. The van der Waals surface area contributed by atoms with Crippen LogP contribution in [0.2, 0.25) is 0 Å². The molecule has 0 unspecified atom stereocenters. The Kier molecular flexibility index (Phi) is 4.40. The second kappa shape index (κ2) is 5.63. The minimum absolute atomic E-state index is 0.0355. The first kappa shape index (κ1) is 14.9. The second-order valence-corrected chi connectivity index (χ2v) is 5.03. The zero-order valence-electron chi connectivity index (χ0n) is 10.0.